The quantitative estimate of drug-likeness (QED) is 0.879. The molecule has 0 bridgehead atoms. The molecule has 1 fully saturated rings. The van der Waals surface area contributed by atoms with Crippen LogP contribution in [0, 0.1) is 0 Å². The van der Waals surface area contributed by atoms with Crippen LogP contribution in [-0.4, -0.2) is 41.1 Å². The molecule has 1 aromatic heterocycles. The molecule has 6 heteroatoms. The molecule has 92 valence electrons. The van der Waals surface area contributed by atoms with Gasteiger partial charge in [0.05, 0.1) is 6.04 Å². The average molecular weight is 255 g/mol. The van der Waals surface area contributed by atoms with Crippen molar-refractivity contribution in [3.8, 4) is 0 Å². The minimum absolute atomic E-state index is 0.161. The van der Waals surface area contributed by atoms with E-state index >= 15 is 0 Å². The van der Waals surface area contributed by atoms with Gasteiger partial charge in [0.2, 0.25) is 5.91 Å². The monoisotopic (exact) mass is 255 g/mol. The molecule has 1 aliphatic rings. The van der Waals surface area contributed by atoms with Gasteiger partial charge < -0.3 is 14.7 Å². The van der Waals surface area contributed by atoms with Gasteiger partial charge in [-0.2, -0.15) is 11.3 Å². The van der Waals surface area contributed by atoms with Gasteiger partial charge in [-0.1, -0.05) is 0 Å². The molecule has 1 N–H and O–H groups in total. The Balaban J connectivity index is 2.36. The number of nitrogens with zero attached hydrogens (tertiary/aromatic N) is 1. The van der Waals surface area contributed by atoms with Crippen LogP contribution in [0.1, 0.15) is 18.5 Å². The Morgan fingerprint density at radius 1 is 1.71 bits per heavy atom. The maximum Gasteiger partial charge on any atom is 0.335 e. The fourth-order valence-electron chi connectivity index (χ4n) is 2.03. The summed E-state index contributed by atoms with van der Waals surface area (Å²) in [5.41, 5.74) is 0.817. The Hall–Kier alpha value is -1.40. The highest BCUT2D eigenvalue weighted by molar-refractivity contribution is 7.08. The molecule has 0 aliphatic carbocycles. The molecule has 2 heterocycles. The SMILES string of the molecule is CCN1C(=O)COC(C(=O)O)C1c1ccsc1. The number of thiophene rings is 1. The maximum absolute atomic E-state index is 11.7. The van der Waals surface area contributed by atoms with Crippen LogP contribution in [0.2, 0.25) is 0 Å². The van der Waals surface area contributed by atoms with Crippen molar-refractivity contribution in [3.63, 3.8) is 0 Å². The van der Waals surface area contributed by atoms with Crippen LogP contribution < -0.4 is 0 Å². The van der Waals surface area contributed by atoms with Gasteiger partial charge in [-0.15, -0.1) is 0 Å². The van der Waals surface area contributed by atoms with Crippen molar-refractivity contribution < 1.29 is 19.4 Å². The smallest absolute Gasteiger partial charge is 0.335 e. The van der Waals surface area contributed by atoms with Gasteiger partial charge in [-0.25, -0.2) is 4.79 Å². The molecule has 2 unspecified atom stereocenters. The van der Waals surface area contributed by atoms with Crippen LogP contribution in [0.5, 0.6) is 0 Å². The number of carboxylic acids is 1. The summed E-state index contributed by atoms with van der Waals surface area (Å²) in [4.78, 5) is 24.4. The molecule has 2 atom stereocenters. The van der Waals surface area contributed by atoms with Crippen LogP contribution in [0.4, 0.5) is 0 Å². The average Bonchev–Trinajstić information content (AvgIpc) is 2.81. The van der Waals surface area contributed by atoms with Gasteiger partial charge in [0.15, 0.2) is 6.10 Å². The molecule has 1 amide bonds. The largest absolute Gasteiger partial charge is 0.479 e. The number of carbonyl (C=O) groups excluding carboxylic acids is 1. The second-order valence-corrected chi connectivity index (χ2v) is 4.53. The predicted octanol–water partition coefficient (Wildman–Crippen LogP) is 1.12. The lowest BCUT2D eigenvalue weighted by Crippen LogP contribution is -2.51. The Labute approximate surface area is 103 Å². The first kappa shape index (κ1) is 12.1. The molecular weight excluding hydrogens is 242 g/mol. The van der Waals surface area contributed by atoms with E-state index < -0.39 is 18.1 Å². The van der Waals surface area contributed by atoms with Gasteiger partial charge >= 0.3 is 5.97 Å². The summed E-state index contributed by atoms with van der Waals surface area (Å²) in [5, 5.41) is 12.9. The van der Waals surface area contributed by atoms with Crippen LogP contribution in [0.25, 0.3) is 0 Å². The van der Waals surface area contributed by atoms with E-state index in [2.05, 4.69) is 0 Å². The number of morpholine rings is 1. The molecule has 1 aliphatic heterocycles. The topological polar surface area (TPSA) is 66.8 Å². The molecule has 2 rings (SSSR count). The summed E-state index contributed by atoms with van der Waals surface area (Å²) in [6, 6.07) is 1.31. The van der Waals surface area contributed by atoms with E-state index in [4.69, 9.17) is 9.84 Å². The molecule has 17 heavy (non-hydrogen) atoms. The van der Waals surface area contributed by atoms with E-state index in [1.165, 1.54) is 11.3 Å². The van der Waals surface area contributed by atoms with E-state index in [1.54, 1.807) is 4.90 Å². The third-order valence-electron chi connectivity index (χ3n) is 2.80. The highest BCUT2D eigenvalue weighted by atomic mass is 32.1. The minimum Gasteiger partial charge on any atom is -0.479 e. The zero-order valence-corrected chi connectivity index (χ0v) is 10.1. The van der Waals surface area contributed by atoms with E-state index in [1.807, 2.05) is 23.8 Å². The summed E-state index contributed by atoms with van der Waals surface area (Å²) in [6.45, 7) is 2.15. The van der Waals surface area contributed by atoms with Crippen molar-refractivity contribution in [2.24, 2.45) is 0 Å². The molecule has 0 saturated carbocycles. The summed E-state index contributed by atoms with van der Waals surface area (Å²) in [7, 11) is 0. The third kappa shape index (κ3) is 2.18. The fraction of sp³-hybridized carbons (Fsp3) is 0.455. The molecule has 0 spiro atoms. The number of amides is 1. The number of aliphatic carboxylic acids is 1. The van der Waals surface area contributed by atoms with Gasteiger partial charge in [0, 0.05) is 6.54 Å². The molecule has 1 saturated heterocycles. The van der Waals surface area contributed by atoms with E-state index in [0.29, 0.717) is 6.54 Å². The second-order valence-electron chi connectivity index (χ2n) is 3.75. The van der Waals surface area contributed by atoms with Gasteiger partial charge in [0.1, 0.15) is 6.61 Å². The Morgan fingerprint density at radius 3 is 3.00 bits per heavy atom. The number of likely N-dealkylation sites (N-methyl/N-ethyl adjacent to an activating group) is 1. The first-order valence-electron chi connectivity index (χ1n) is 5.31. The van der Waals surface area contributed by atoms with E-state index in [-0.39, 0.29) is 12.5 Å². The lowest BCUT2D eigenvalue weighted by atomic mass is 10.0. The van der Waals surface area contributed by atoms with Crippen molar-refractivity contribution >= 4 is 23.2 Å². The third-order valence-corrected chi connectivity index (χ3v) is 3.50. The van der Waals surface area contributed by atoms with Gasteiger partial charge in [-0.3, -0.25) is 4.79 Å². The van der Waals surface area contributed by atoms with Crippen molar-refractivity contribution in [3.05, 3.63) is 22.4 Å². The Morgan fingerprint density at radius 2 is 2.47 bits per heavy atom. The molecule has 1 aromatic rings. The second kappa shape index (κ2) is 4.85. The number of hydrogen-bond donors (Lipinski definition) is 1. The first-order valence-corrected chi connectivity index (χ1v) is 6.25. The van der Waals surface area contributed by atoms with Gasteiger partial charge in [0.25, 0.3) is 0 Å². The summed E-state index contributed by atoms with van der Waals surface area (Å²) < 4.78 is 5.13. The number of ether oxygens (including phenoxy) is 1. The highest BCUT2D eigenvalue weighted by Gasteiger charge is 2.41. The highest BCUT2D eigenvalue weighted by Crippen LogP contribution is 2.31. The van der Waals surface area contributed by atoms with Crippen LogP contribution in [-0.2, 0) is 14.3 Å². The first-order chi connectivity index (χ1) is 8.15. The van der Waals surface area contributed by atoms with Crippen molar-refractivity contribution in [2.75, 3.05) is 13.2 Å². The van der Waals surface area contributed by atoms with Crippen molar-refractivity contribution in [1.82, 2.24) is 4.90 Å². The van der Waals surface area contributed by atoms with E-state index in [0.717, 1.165) is 5.56 Å². The zero-order valence-electron chi connectivity index (χ0n) is 9.33. The standard InChI is InChI=1S/C11H13NO4S/c1-2-12-8(13)5-16-10(11(14)15)9(12)7-3-4-17-6-7/h3-4,6,9-10H,2,5H2,1H3,(H,14,15). The lowest BCUT2D eigenvalue weighted by Gasteiger charge is -2.38. The molecule has 0 aromatic carbocycles. The summed E-state index contributed by atoms with van der Waals surface area (Å²) in [5.74, 6) is -1.20. The maximum atomic E-state index is 11.7. The molecule has 5 nitrogen and oxygen atoms in total. The number of carboxylic acid groups (broad SMARTS) is 1. The number of hydrogen-bond acceptors (Lipinski definition) is 4. The van der Waals surface area contributed by atoms with Crippen molar-refractivity contribution in [1.29, 1.82) is 0 Å². The lowest BCUT2D eigenvalue weighted by molar-refractivity contribution is -0.172. The zero-order chi connectivity index (χ0) is 12.4. The fourth-order valence-corrected chi connectivity index (χ4v) is 2.72. The van der Waals surface area contributed by atoms with Crippen LogP contribution in [0.3, 0.4) is 0 Å². The summed E-state index contributed by atoms with van der Waals surface area (Å²) >= 11 is 1.47. The van der Waals surface area contributed by atoms with Crippen LogP contribution in [0.15, 0.2) is 16.8 Å². The van der Waals surface area contributed by atoms with E-state index in [9.17, 15) is 9.59 Å². The number of rotatable bonds is 3. The molecular formula is C11H13NO4S. The normalized spacial score (nSPS) is 25.0. The Bertz CT molecular complexity index is 415. The summed E-state index contributed by atoms with van der Waals surface area (Å²) in [6.07, 6.45) is -0.984. The Kier molecular flexibility index (Phi) is 3.44. The molecule has 0 radical (unpaired) electrons. The van der Waals surface area contributed by atoms with Gasteiger partial charge in [-0.05, 0) is 29.3 Å². The van der Waals surface area contributed by atoms with Crippen molar-refractivity contribution in [2.45, 2.75) is 19.1 Å². The number of carbonyl (C=O) groups is 2. The predicted molar refractivity (Wildman–Crippen MR) is 61.8 cm³/mol. The van der Waals surface area contributed by atoms with Crippen LogP contribution >= 0.6 is 11.3 Å². The minimum atomic E-state index is -1.04.